The summed E-state index contributed by atoms with van der Waals surface area (Å²) in [7, 11) is 1.68. The Bertz CT molecular complexity index is 291. The second-order valence-corrected chi connectivity index (χ2v) is 3.79. The molecule has 0 aromatic heterocycles. The van der Waals surface area contributed by atoms with Gasteiger partial charge in [-0.3, -0.25) is 0 Å². The minimum atomic E-state index is 0.451. The summed E-state index contributed by atoms with van der Waals surface area (Å²) in [5.41, 5.74) is 1.13. The van der Waals surface area contributed by atoms with E-state index in [4.69, 9.17) is 9.47 Å². The van der Waals surface area contributed by atoms with E-state index in [1.165, 1.54) is 6.42 Å². The normalized spacial score (nSPS) is 21.0. The Hall–Kier alpha value is -1.22. The molecule has 0 radical (unpaired) electrons. The quantitative estimate of drug-likeness (QED) is 0.824. The maximum atomic E-state index is 5.41. The molecule has 2 rings (SSSR count). The van der Waals surface area contributed by atoms with E-state index in [9.17, 15) is 0 Å². The number of hydrogen-bond acceptors (Lipinski definition) is 3. The highest BCUT2D eigenvalue weighted by atomic mass is 16.5. The van der Waals surface area contributed by atoms with Crippen molar-refractivity contribution in [3.63, 3.8) is 0 Å². The van der Waals surface area contributed by atoms with Crippen LogP contribution >= 0.6 is 0 Å². The molecule has 0 aliphatic carbocycles. The van der Waals surface area contributed by atoms with Crippen molar-refractivity contribution in [1.29, 1.82) is 0 Å². The molecule has 0 saturated carbocycles. The van der Waals surface area contributed by atoms with Crippen molar-refractivity contribution < 1.29 is 9.47 Å². The zero-order chi connectivity index (χ0) is 10.5. The summed E-state index contributed by atoms with van der Waals surface area (Å²) in [6, 6.07) is 8.45. The zero-order valence-corrected chi connectivity index (χ0v) is 9.03. The van der Waals surface area contributed by atoms with Crippen LogP contribution < -0.4 is 10.1 Å². The molecule has 1 saturated heterocycles. The monoisotopic (exact) mass is 207 g/mol. The highest BCUT2D eigenvalue weighted by Crippen LogP contribution is 2.18. The maximum Gasteiger partial charge on any atom is 0.119 e. The average Bonchev–Trinajstić information content (AvgIpc) is 2.31. The van der Waals surface area contributed by atoms with E-state index < -0.39 is 0 Å². The first-order valence-electron chi connectivity index (χ1n) is 5.37. The molecule has 1 aliphatic rings. The van der Waals surface area contributed by atoms with Crippen LogP contribution in [0.1, 0.15) is 12.8 Å². The van der Waals surface area contributed by atoms with Crippen LogP contribution in [0.15, 0.2) is 24.3 Å². The predicted octanol–water partition coefficient (Wildman–Crippen LogP) is 2.29. The number of benzene rings is 1. The van der Waals surface area contributed by atoms with Gasteiger partial charge in [0.1, 0.15) is 5.75 Å². The third-order valence-corrected chi connectivity index (χ3v) is 2.62. The van der Waals surface area contributed by atoms with Gasteiger partial charge in [0.2, 0.25) is 0 Å². The van der Waals surface area contributed by atoms with E-state index in [-0.39, 0.29) is 0 Å². The van der Waals surface area contributed by atoms with Crippen molar-refractivity contribution in [2.75, 3.05) is 25.6 Å². The highest BCUT2D eigenvalue weighted by Gasteiger charge is 2.12. The molecule has 1 aliphatic heterocycles. The highest BCUT2D eigenvalue weighted by molar-refractivity contribution is 5.47. The Kier molecular flexibility index (Phi) is 3.45. The van der Waals surface area contributed by atoms with Gasteiger partial charge in [-0.1, -0.05) is 0 Å². The van der Waals surface area contributed by atoms with Crippen molar-refractivity contribution in [2.45, 2.75) is 18.9 Å². The SMILES string of the molecule is COc1ccc(NC2CCCOC2)cc1. The van der Waals surface area contributed by atoms with Crippen molar-refractivity contribution in [3.8, 4) is 5.75 Å². The molecule has 3 nitrogen and oxygen atoms in total. The summed E-state index contributed by atoms with van der Waals surface area (Å²) >= 11 is 0. The van der Waals surface area contributed by atoms with E-state index >= 15 is 0 Å². The fraction of sp³-hybridized carbons (Fsp3) is 0.500. The molecular weight excluding hydrogens is 190 g/mol. The van der Waals surface area contributed by atoms with Crippen molar-refractivity contribution in [1.82, 2.24) is 0 Å². The summed E-state index contributed by atoms with van der Waals surface area (Å²) in [5, 5.41) is 3.45. The van der Waals surface area contributed by atoms with Crippen LogP contribution in [-0.2, 0) is 4.74 Å². The molecule has 1 aromatic carbocycles. The topological polar surface area (TPSA) is 30.5 Å². The van der Waals surface area contributed by atoms with Gasteiger partial charge in [0.25, 0.3) is 0 Å². The van der Waals surface area contributed by atoms with Crippen LogP contribution in [0.2, 0.25) is 0 Å². The molecule has 0 bridgehead atoms. The van der Waals surface area contributed by atoms with E-state index in [1.807, 2.05) is 24.3 Å². The van der Waals surface area contributed by atoms with Gasteiger partial charge in [-0.25, -0.2) is 0 Å². The molecule has 1 aromatic rings. The Labute approximate surface area is 90.4 Å². The molecule has 1 N–H and O–H groups in total. The van der Waals surface area contributed by atoms with E-state index in [2.05, 4.69) is 5.32 Å². The van der Waals surface area contributed by atoms with Gasteiger partial charge >= 0.3 is 0 Å². The van der Waals surface area contributed by atoms with Crippen LogP contribution in [0.3, 0.4) is 0 Å². The first-order valence-corrected chi connectivity index (χ1v) is 5.37. The molecule has 1 atom stereocenters. The molecule has 82 valence electrons. The summed E-state index contributed by atoms with van der Waals surface area (Å²) < 4.78 is 10.5. The molecule has 1 fully saturated rings. The second-order valence-electron chi connectivity index (χ2n) is 3.79. The summed E-state index contributed by atoms with van der Waals surface area (Å²) in [5.74, 6) is 0.889. The lowest BCUT2D eigenvalue weighted by Crippen LogP contribution is -2.29. The lowest BCUT2D eigenvalue weighted by molar-refractivity contribution is 0.0876. The van der Waals surface area contributed by atoms with Gasteiger partial charge in [0.05, 0.1) is 13.7 Å². The number of ether oxygens (including phenoxy) is 2. The molecule has 15 heavy (non-hydrogen) atoms. The maximum absolute atomic E-state index is 5.41. The Morgan fingerprint density at radius 3 is 2.73 bits per heavy atom. The van der Waals surface area contributed by atoms with Crippen LogP contribution in [0, 0.1) is 0 Å². The van der Waals surface area contributed by atoms with Crippen molar-refractivity contribution in [2.24, 2.45) is 0 Å². The van der Waals surface area contributed by atoms with Crippen LogP contribution in [0.25, 0.3) is 0 Å². The van der Waals surface area contributed by atoms with Gasteiger partial charge in [-0.15, -0.1) is 0 Å². The smallest absolute Gasteiger partial charge is 0.119 e. The van der Waals surface area contributed by atoms with Crippen molar-refractivity contribution >= 4 is 5.69 Å². The summed E-state index contributed by atoms with van der Waals surface area (Å²) in [6.45, 7) is 1.72. The molecule has 1 heterocycles. The van der Waals surface area contributed by atoms with E-state index in [0.717, 1.165) is 31.1 Å². The number of nitrogens with one attached hydrogen (secondary N) is 1. The molecular formula is C12H17NO2. The number of rotatable bonds is 3. The minimum absolute atomic E-state index is 0.451. The van der Waals surface area contributed by atoms with Crippen molar-refractivity contribution in [3.05, 3.63) is 24.3 Å². The molecule has 0 amide bonds. The predicted molar refractivity (Wildman–Crippen MR) is 60.5 cm³/mol. The molecule has 3 heteroatoms. The largest absolute Gasteiger partial charge is 0.497 e. The lowest BCUT2D eigenvalue weighted by atomic mass is 10.1. The second kappa shape index (κ2) is 5.03. The van der Waals surface area contributed by atoms with E-state index in [1.54, 1.807) is 7.11 Å². The summed E-state index contributed by atoms with van der Waals surface area (Å²) in [6.07, 6.45) is 2.33. The molecule has 1 unspecified atom stereocenters. The first-order chi connectivity index (χ1) is 7.38. The fourth-order valence-electron chi connectivity index (χ4n) is 1.78. The Balaban J connectivity index is 1.91. The number of methoxy groups -OCH3 is 1. The third-order valence-electron chi connectivity index (χ3n) is 2.62. The average molecular weight is 207 g/mol. The Morgan fingerprint density at radius 1 is 1.33 bits per heavy atom. The van der Waals surface area contributed by atoms with Crippen LogP contribution in [0.5, 0.6) is 5.75 Å². The van der Waals surface area contributed by atoms with Gasteiger partial charge in [0, 0.05) is 18.3 Å². The third kappa shape index (κ3) is 2.86. The minimum Gasteiger partial charge on any atom is -0.497 e. The number of anilines is 1. The fourth-order valence-corrected chi connectivity index (χ4v) is 1.78. The number of hydrogen-bond donors (Lipinski definition) is 1. The van der Waals surface area contributed by atoms with Gasteiger partial charge < -0.3 is 14.8 Å². The van der Waals surface area contributed by atoms with Crippen LogP contribution in [0.4, 0.5) is 5.69 Å². The summed E-state index contributed by atoms with van der Waals surface area (Å²) in [4.78, 5) is 0. The van der Waals surface area contributed by atoms with Gasteiger partial charge in [-0.2, -0.15) is 0 Å². The molecule has 0 spiro atoms. The zero-order valence-electron chi connectivity index (χ0n) is 9.03. The van der Waals surface area contributed by atoms with Gasteiger partial charge in [0.15, 0.2) is 0 Å². The van der Waals surface area contributed by atoms with Crippen LogP contribution in [-0.4, -0.2) is 26.4 Å². The van der Waals surface area contributed by atoms with E-state index in [0.29, 0.717) is 6.04 Å². The lowest BCUT2D eigenvalue weighted by Gasteiger charge is -2.24. The van der Waals surface area contributed by atoms with Gasteiger partial charge in [-0.05, 0) is 37.1 Å². The standard InChI is InChI=1S/C12H17NO2/c1-14-12-6-4-10(5-7-12)13-11-3-2-8-15-9-11/h4-7,11,13H,2-3,8-9H2,1H3. The first kappa shape index (κ1) is 10.3. The Morgan fingerprint density at radius 2 is 2.13 bits per heavy atom.